The number of hydrogen-bond donors (Lipinski definition) is 1. The lowest BCUT2D eigenvalue weighted by Gasteiger charge is -2.28. The average molecular weight is 543 g/mol. The van der Waals surface area contributed by atoms with Crippen molar-refractivity contribution in [1.29, 1.82) is 0 Å². The number of fused-ring (bicyclic) bond motifs is 1. The van der Waals surface area contributed by atoms with Crippen LogP contribution in [-0.4, -0.2) is 70.0 Å². The summed E-state index contributed by atoms with van der Waals surface area (Å²) in [5, 5.41) is 13.4. The molecule has 1 saturated heterocycles. The monoisotopic (exact) mass is 542 g/mol. The Morgan fingerprint density at radius 1 is 1.11 bits per heavy atom. The first-order valence-corrected chi connectivity index (χ1v) is 12.8. The maximum atomic E-state index is 12.6. The minimum Gasteiger partial charge on any atom is -0.495 e. The molecule has 0 aliphatic carbocycles. The highest BCUT2D eigenvalue weighted by atomic mass is 35.5. The molecule has 4 heterocycles. The Morgan fingerprint density at radius 2 is 1.81 bits per heavy atom. The van der Waals surface area contributed by atoms with Gasteiger partial charge in [0.15, 0.2) is 5.78 Å². The fourth-order valence-corrected chi connectivity index (χ4v) is 5.48. The number of H-pyrrole nitrogens is 1. The van der Waals surface area contributed by atoms with Gasteiger partial charge in [0.25, 0.3) is 0 Å². The van der Waals surface area contributed by atoms with Gasteiger partial charge in [0.2, 0.25) is 0 Å². The molecule has 11 heteroatoms. The molecule has 9 nitrogen and oxygen atoms in total. The Morgan fingerprint density at radius 3 is 2.49 bits per heavy atom. The molecule has 1 aromatic carbocycles. The van der Waals surface area contributed by atoms with Crippen LogP contribution < -0.4 is 9.47 Å². The summed E-state index contributed by atoms with van der Waals surface area (Å²) in [6.45, 7) is 2.36. The number of aromatic nitrogens is 5. The number of benzene rings is 1. The van der Waals surface area contributed by atoms with Crippen molar-refractivity contribution < 1.29 is 14.3 Å². The number of nitrogens with zero attached hydrogens (tertiary/aromatic N) is 5. The zero-order valence-corrected chi connectivity index (χ0v) is 22.4. The van der Waals surface area contributed by atoms with Crippen LogP contribution in [-0.2, 0) is 11.3 Å². The van der Waals surface area contributed by atoms with Crippen molar-refractivity contribution in [2.24, 2.45) is 5.92 Å². The number of carbonyl (C=O) groups excluding carboxylic acids is 1. The van der Waals surface area contributed by atoms with Gasteiger partial charge in [-0.2, -0.15) is 10.2 Å². The highest BCUT2D eigenvalue weighted by Gasteiger charge is 2.22. The van der Waals surface area contributed by atoms with E-state index in [1.165, 1.54) is 14.2 Å². The third-order valence-electron chi connectivity index (χ3n) is 6.88. The van der Waals surface area contributed by atoms with E-state index in [1.807, 2.05) is 12.3 Å². The molecule has 0 saturated carbocycles. The van der Waals surface area contributed by atoms with E-state index < -0.39 is 0 Å². The van der Waals surface area contributed by atoms with Crippen LogP contribution in [0.1, 0.15) is 19.3 Å². The summed E-state index contributed by atoms with van der Waals surface area (Å²) in [7, 11) is 5.18. The number of pyridine rings is 1. The number of ketones is 1. The van der Waals surface area contributed by atoms with E-state index in [2.05, 4.69) is 32.2 Å². The number of piperidine rings is 1. The van der Waals surface area contributed by atoms with Crippen molar-refractivity contribution in [2.45, 2.75) is 25.8 Å². The van der Waals surface area contributed by atoms with E-state index in [4.69, 9.17) is 32.7 Å². The average Bonchev–Trinajstić information content (AvgIpc) is 3.52. The number of rotatable bonds is 8. The molecule has 5 rings (SSSR count). The van der Waals surface area contributed by atoms with E-state index in [0.29, 0.717) is 50.8 Å². The van der Waals surface area contributed by atoms with Crippen LogP contribution in [0.25, 0.3) is 33.4 Å². The zero-order valence-electron chi connectivity index (χ0n) is 20.9. The second-order valence-electron chi connectivity index (χ2n) is 9.39. The zero-order chi connectivity index (χ0) is 26.1. The van der Waals surface area contributed by atoms with Gasteiger partial charge in [-0.15, -0.1) is 0 Å². The first-order valence-electron chi connectivity index (χ1n) is 12.1. The van der Waals surface area contributed by atoms with Crippen molar-refractivity contribution in [2.75, 3.05) is 34.4 Å². The standard InChI is InChI=1S/C26H28Cl2N6O3/c1-33-6-4-15(5-7-33)8-17(35)14-34-13-16(11-30-34)26-18-12-29-20(9-19(18)31-32-26)23-24(27)21(36-2)10-22(37-3)25(23)28/h9-13,15H,4-8,14H2,1-3H3,(H,31,32). The molecule has 1 aliphatic rings. The van der Waals surface area contributed by atoms with Crippen molar-refractivity contribution in [3.8, 4) is 34.0 Å². The Bertz CT molecular complexity index is 1410. The first kappa shape index (κ1) is 25.5. The van der Waals surface area contributed by atoms with Gasteiger partial charge >= 0.3 is 0 Å². The topological polar surface area (TPSA) is 98.2 Å². The van der Waals surface area contributed by atoms with Crippen LogP contribution in [0.3, 0.4) is 0 Å². The maximum absolute atomic E-state index is 12.6. The maximum Gasteiger partial charge on any atom is 0.154 e. The van der Waals surface area contributed by atoms with E-state index in [-0.39, 0.29) is 12.3 Å². The molecule has 0 unspecified atom stereocenters. The smallest absolute Gasteiger partial charge is 0.154 e. The highest BCUT2D eigenvalue weighted by molar-refractivity contribution is 6.41. The van der Waals surface area contributed by atoms with Gasteiger partial charge in [0.1, 0.15) is 17.2 Å². The number of nitrogens with one attached hydrogen (secondary N) is 1. The van der Waals surface area contributed by atoms with Crippen LogP contribution in [0.2, 0.25) is 10.0 Å². The van der Waals surface area contributed by atoms with E-state index in [1.54, 1.807) is 23.1 Å². The summed E-state index contributed by atoms with van der Waals surface area (Å²) in [6, 6.07) is 3.46. The lowest BCUT2D eigenvalue weighted by atomic mass is 9.92. The minimum absolute atomic E-state index is 0.199. The molecule has 0 atom stereocenters. The molecule has 1 aliphatic heterocycles. The molecule has 0 bridgehead atoms. The second-order valence-corrected chi connectivity index (χ2v) is 10.1. The normalized spacial score (nSPS) is 14.8. The molecule has 1 N–H and O–H groups in total. The summed E-state index contributed by atoms with van der Waals surface area (Å²) in [5.41, 5.74) is 3.30. The van der Waals surface area contributed by atoms with Gasteiger partial charge in [-0.05, 0) is 45.0 Å². The number of Topliss-reactive ketones (excluding diaryl/α,β-unsaturated/α-hetero) is 1. The molecule has 3 aromatic heterocycles. The Balaban J connectivity index is 1.37. The van der Waals surface area contributed by atoms with Crippen molar-refractivity contribution in [3.05, 3.63) is 40.8 Å². The van der Waals surface area contributed by atoms with Crippen LogP contribution in [0.5, 0.6) is 11.5 Å². The summed E-state index contributed by atoms with van der Waals surface area (Å²) < 4.78 is 12.4. The first-order chi connectivity index (χ1) is 17.9. The number of aromatic amines is 1. The fraction of sp³-hybridized carbons (Fsp3) is 0.385. The fourth-order valence-electron chi connectivity index (χ4n) is 4.79. The number of hydrogen-bond acceptors (Lipinski definition) is 7. The molecule has 0 spiro atoms. The highest BCUT2D eigenvalue weighted by Crippen LogP contribution is 2.45. The Labute approximate surface area is 224 Å². The van der Waals surface area contributed by atoms with Gasteiger partial charge < -0.3 is 14.4 Å². The Kier molecular flexibility index (Phi) is 7.37. The van der Waals surface area contributed by atoms with E-state index in [9.17, 15) is 4.79 Å². The molecule has 0 amide bonds. The molecular weight excluding hydrogens is 515 g/mol. The third-order valence-corrected chi connectivity index (χ3v) is 7.63. The van der Waals surface area contributed by atoms with Crippen LogP contribution in [0, 0.1) is 5.92 Å². The van der Waals surface area contributed by atoms with E-state index >= 15 is 0 Å². The lowest BCUT2D eigenvalue weighted by molar-refractivity contribution is -0.121. The molecule has 194 valence electrons. The van der Waals surface area contributed by atoms with Crippen LogP contribution in [0.4, 0.5) is 0 Å². The number of methoxy groups -OCH3 is 2. The number of halogens is 2. The molecule has 0 radical (unpaired) electrons. The van der Waals surface area contributed by atoms with Gasteiger partial charge in [0, 0.05) is 41.4 Å². The van der Waals surface area contributed by atoms with Gasteiger partial charge in [-0.1, -0.05) is 23.2 Å². The number of carbonyl (C=O) groups is 1. The molecule has 37 heavy (non-hydrogen) atoms. The quantitative estimate of drug-likeness (QED) is 0.330. The SMILES string of the molecule is COc1cc(OC)c(Cl)c(-c2cc3[nH]nc(-c4cnn(CC(=O)CC5CCN(C)CC5)c4)c3cn2)c1Cl. The second kappa shape index (κ2) is 10.7. The summed E-state index contributed by atoms with van der Waals surface area (Å²) in [5.74, 6) is 1.52. The van der Waals surface area contributed by atoms with E-state index in [0.717, 1.165) is 42.4 Å². The summed E-state index contributed by atoms with van der Waals surface area (Å²) in [4.78, 5) is 19.6. The predicted octanol–water partition coefficient (Wildman–Crippen LogP) is 5.11. The van der Waals surface area contributed by atoms with Gasteiger partial charge in [-0.25, -0.2) is 0 Å². The summed E-state index contributed by atoms with van der Waals surface area (Å²) >= 11 is 13.1. The molecule has 4 aromatic rings. The lowest BCUT2D eigenvalue weighted by Crippen LogP contribution is -2.31. The van der Waals surface area contributed by atoms with Gasteiger partial charge in [0.05, 0.1) is 48.2 Å². The minimum atomic E-state index is 0.199. The summed E-state index contributed by atoms with van der Waals surface area (Å²) in [6.07, 6.45) is 8.01. The number of likely N-dealkylation sites (tertiary alicyclic amines) is 1. The van der Waals surface area contributed by atoms with Crippen LogP contribution in [0.15, 0.2) is 30.7 Å². The van der Waals surface area contributed by atoms with Crippen molar-refractivity contribution in [3.63, 3.8) is 0 Å². The third kappa shape index (κ3) is 5.16. The van der Waals surface area contributed by atoms with Crippen molar-refractivity contribution >= 4 is 39.9 Å². The Hall–Kier alpha value is -3.14. The van der Waals surface area contributed by atoms with Crippen LogP contribution >= 0.6 is 23.2 Å². The van der Waals surface area contributed by atoms with Crippen molar-refractivity contribution in [1.82, 2.24) is 29.9 Å². The molecule has 1 fully saturated rings. The number of ether oxygens (including phenoxy) is 2. The predicted molar refractivity (Wildman–Crippen MR) is 144 cm³/mol. The molecular formula is C26H28Cl2N6O3. The van der Waals surface area contributed by atoms with Gasteiger partial charge in [-0.3, -0.25) is 19.6 Å². The largest absolute Gasteiger partial charge is 0.495 e.